The molecule has 104 valence electrons. The first kappa shape index (κ1) is 12.6. The van der Waals surface area contributed by atoms with Crippen molar-refractivity contribution in [2.45, 2.75) is 44.8 Å². The van der Waals surface area contributed by atoms with Crippen LogP contribution in [0.3, 0.4) is 0 Å². The maximum atomic E-state index is 6.30. The molecule has 0 bridgehead atoms. The minimum atomic E-state index is -0.0750. The number of hydrogen-bond donors (Lipinski definition) is 1. The summed E-state index contributed by atoms with van der Waals surface area (Å²) in [6, 6.07) is 4.33. The number of benzene rings is 1. The molecule has 0 aromatic heterocycles. The van der Waals surface area contributed by atoms with Gasteiger partial charge in [0.1, 0.15) is 11.4 Å². The van der Waals surface area contributed by atoms with E-state index < -0.39 is 0 Å². The topological polar surface area (TPSA) is 39.7 Å². The van der Waals surface area contributed by atoms with Gasteiger partial charge in [-0.3, -0.25) is 0 Å². The lowest BCUT2D eigenvalue weighted by atomic mass is 9.83. The fraction of sp³-hybridized carbons (Fsp3) is 0.600. The molecule has 3 rings (SSSR count). The van der Waals surface area contributed by atoms with Crippen LogP contribution in [0.4, 0.5) is 0 Å². The summed E-state index contributed by atoms with van der Waals surface area (Å²) in [6.45, 7) is 4.68. The summed E-state index contributed by atoms with van der Waals surface area (Å²) in [7, 11) is 2.00. The second kappa shape index (κ2) is 4.60. The molecule has 4 nitrogen and oxygen atoms in total. The molecule has 1 atom stereocenters. The molecule has 0 saturated heterocycles. The average Bonchev–Trinajstić information content (AvgIpc) is 2.90. The predicted molar refractivity (Wildman–Crippen MR) is 72.9 cm³/mol. The summed E-state index contributed by atoms with van der Waals surface area (Å²) in [5, 5.41) is 3.40. The van der Waals surface area contributed by atoms with Gasteiger partial charge >= 0.3 is 0 Å². The molecule has 2 aliphatic rings. The third kappa shape index (κ3) is 1.94. The van der Waals surface area contributed by atoms with Crippen molar-refractivity contribution in [3.8, 4) is 17.2 Å². The largest absolute Gasteiger partial charge is 0.487 e. The Bertz CT molecular complexity index is 483. The third-order valence-corrected chi connectivity index (χ3v) is 4.42. The highest BCUT2D eigenvalue weighted by molar-refractivity contribution is 5.54. The van der Waals surface area contributed by atoms with Crippen molar-refractivity contribution in [1.29, 1.82) is 0 Å². The van der Waals surface area contributed by atoms with Gasteiger partial charge in [-0.2, -0.15) is 0 Å². The Labute approximate surface area is 114 Å². The molecular weight excluding hydrogens is 242 g/mol. The van der Waals surface area contributed by atoms with Crippen LogP contribution in [0.25, 0.3) is 0 Å². The molecular formula is C15H21NO3. The number of hydrogen-bond acceptors (Lipinski definition) is 4. The lowest BCUT2D eigenvalue weighted by Crippen LogP contribution is -2.42. The van der Waals surface area contributed by atoms with Gasteiger partial charge in [-0.1, -0.05) is 13.8 Å². The van der Waals surface area contributed by atoms with E-state index in [1.54, 1.807) is 0 Å². The normalized spacial score (nSPS) is 22.8. The molecule has 1 unspecified atom stereocenters. The second-order valence-electron chi connectivity index (χ2n) is 5.28. The second-order valence-corrected chi connectivity index (χ2v) is 5.28. The Morgan fingerprint density at radius 2 is 1.84 bits per heavy atom. The van der Waals surface area contributed by atoms with Crippen molar-refractivity contribution in [2.75, 3.05) is 13.8 Å². The Kier molecular flexibility index (Phi) is 3.05. The van der Waals surface area contributed by atoms with Crippen molar-refractivity contribution < 1.29 is 14.2 Å². The van der Waals surface area contributed by atoms with Gasteiger partial charge in [0.15, 0.2) is 11.5 Å². The smallest absolute Gasteiger partial charge is 0.231 e. The van der Waals surface area contributed by atoms with Gasteiger partial charge < -0.3 is 19.5 Å². The van der Waals surface area contributed by atoms with Crippen molar-refractivity contribution in [3.63, 3.8) is 0 Å². The van der Waals surface area contributed by atoms with Gasteiger partial charge in [0.25, 0.3) is 0 Å². The van der Waals surface area contributed by atoms with E-state index in [1.807, 2.05) is 19.2 Å². The SMILES string of the molecule is CCC1(CC)CC(NC)c2cc3c(cc2O1)OCO3. The fourth-order valence-electron chi connectivity index (χ4n) is 3.00. The minimum Gasteiger partial charge on any atom is -0.487 e. The number of nitrogens with one attached hydrogen (secondary N) is 1. The van der Waals surface area contributed by atoms with Crippen molar-refractivity contribution in [1.82, 2.24) is 5.32 Å². The maximum absolute atomic E-state index is 6.30. The van der Waals surface area contributed by atoms with E-state index in [1.165, 1.54) is 5.56 Å². The molecule has 0 fully saturated rings. The zero-order valence-corrected chi connectivity index (χ0v) is 11.8. The summed E-state index contributed by atoms with van der Waals surface area (Å²) < 4.78 is 17.2. The zero-order chi connectivity index (χ0) is 13.5. The molecule has 2 aliphatic heterocycles. The van der Waals surface area contributed by atoms with E-state index in [0.717, 1.165) is 36.5 Å². The van der Waals surface area contributed by atoms with Gasteiger partial charge in [-0.05, 0) is 26.0 Å². The summed E-state index contributed by atoms with van der Waals surface area (Å²) >= 11 is 0. The monoisotopic (exact) mass is 263 g/mol. The quantitative estimate of drug-likeness (QED) is 0.910. The van der Waals surface area contributed by atoms with Crippen LogP contribution >= 0.6 is 0 Å². The van der Waals surface area contributed by atoms with Crippen LogP contribution in [-0.4, -0.2) is 19.4 Å². The highest BCUT2D eigenvalue weighted by Crippen LogP contribution is 2.47. The van der Waals surface area contributed by atoms with E-state index >= 15 is 0 Å². The average molecular weight is 263 g/mol. The summed E-state index contributed by atoms with van der Waals surface area (Å²) in [4.78, 5) is 0. The first-order valence-electron chi connectivity index (χ1n) is 7.01. The molecule has 1 N–H and O–H groups in total. The molecule has 0 saturated carbocycles. The van der Waals surface area contributed by atoms with E-state index in [-0.39, 0.29) is 5.60 Å². The van der Waals surface area contributed by atoms with Crippen LogP contribution in [0.5, 0.6) is 17.2 Å². The fourth-order valence-corrected chi connectivity index (χ4v) is 3.00. The lowest BCUT2D eigenvalue weighted by molar-refractivity contribution is 0.0237. The molecule has 4 heteroatoms. The molecule has 19 heavy (non-hydrogen) atoms. The summed E-state index contributed by atoms with van der Waals surface area (Å²) in [5.74, 6) is 2.54. The van der Waals surface area contributed by atoms with Crippen LogP contribution in [-0.2, 0) is 0 Å². The van der Waals surface area contributed by atoms with Crippen LogP contribution < -0.4 is 19.5 Å². The Hall–Kier alpha value is -1.42. The first-order chi connectivity index (χ1) is 9.21. The number of rotatable bonds is 3. The number of ether oxygens (including phenoxy) is 3. The number of fused-ring (bicyclic) bond motifs is 2. The van der Waals surface area contributed by atoms with Gasteiger partial charge in [0, 0.05) is 24.1 Å². The highest BCUT2D eigenvalue weighted by atomic mass is 16.7. The molecule has 0 amide bonds. The van der Waals surface area contributed by atoms with Gasteiger partial charge in [0.05, 0.1) is 0 Å². The minimum absolute atomic E-state index is 0.0750. The first-order valence-corrected chi connectivity index (χ1v) is 7.01. The van der Waals surface area contributed by atoms with E-state index in [2.05, 4.69) is 19.2 Å². The van der Waals surface area contributed by atoms with Crippen LogP contribution in [0.1, 0.15) is 44.7 Å². The third-order valence-electron chi connectivity index (χ3n) is 4.42. The Morgan fingerprint density at radius 3 is 2.47 bits per heavy atom. The molecule has 0 spiro atoms. The van der Waals surface area contributed by atoms with E-state index in [4.69, 9.17) is 14.2 Å². The van der Waals surface area contributed by atoms with Crippen LogP contribution in [0, 0.1) is 0 Å². The Balaban J connectivity index is 2.05. The van der Waals surface area contributed by atoms with E-state index in [0.29, 0.717) is 12.8 Å². The van der Waals surface area contributed by atoms with Crippen molar-refractivity contribution >= 4 is 0 Å². The molecule has 1 aromatic rings. The molecule has 0 aliphatic carbocycles. The van der Waals surface area contributed by atoms with Gasteiger partial charge in [-0.25, -0.2) is 0 Å². The molecule has 1 aromatic carbocycles. The predicted octanol–water partition coefficient (Wildman–Crippen LogP) is 3.02. The molecule has 0 radical (unpaired) electrons. The zero-order valence-electron chi connectivity index (χ0n) is 11.8. The van der Waals surface area contributed by atoms with Gasteiger partial charge in [0.2, 0.25) is 6.79 Å². The lowest BCUT2D eigenvalue weighted by Gasteiger charge is -2.41. The highest BCUT2D eigenvalue weighted by Gasteiger charge is 2.39. The molecule has 2 heterocycles. The van der Waals surface area contributed by atoms with Crippen molar-refractivity contribution in [3.05, 3.63) is 17.7 Å². The summed E-state index contributed by atoms with van der Waals surface area (Å²) in [5.41, 5.74) is 1.10. The summed E-state index contributed by atoms with van der Waals surface area (Å²) in [6.07, 6.45) is 3.01. The van der Waals surface area contributed by atoms with Crippen LogP contribution in [0.2, 0.25) is 0 Å². The van der Waals surface area contributed by atoms with Gasteiger partial charge in [-0.15, -0.1) is 0 Å². The standard InChI is InChI=1S/C15H21NO3/c1-4-15(5-2)8-11(16-3)10-6-13-14(18-9-17-13)7-12(10)19-15/h6-7,11,16H,4-5,8-9H2,1-3H3. The van der Waals surface area contributed by atoms with E-state index in [9.17, 15) is 0 Å². The Morgan fingerprint density at radius 1 is 1.16 bits per heavy atom. The van der Waals surface area contributed by atoms with Crippen LogP contribution in [0.15, 0.2) is 12.1 Å². The van der Waals surface area contributed by atoms with Crippen molar-refractivity contribution in [2.24, 2.45) is 0 Å². The maximum Gasteiger partial charge on any atom is 0.231 e.